The third kappa shape index (κ3) is 5.41. The van der Waals surface area contributed by atoms with E-state index in [0.29, 0.717) is 0 Å². The fourth-order valence-electron chi connectivity index (χ4n) is 2.55. The van der Waals surface area contributed by atoms with Gasteiger partial charge in [0.1, 0.15) is 5.75 Å². The lowest BCUT2D eigenvalue weighted by molar-refractivity contribution is -0.384. The van der Waals surface area contributed by atoms with Gasteiger partial charge in [-0.05, 0) is 24.6 Å². The first-order chi connectivity index (χ1) is 14.6. The molecule has 0 spiro atoms. The van der Waals surface area contributed by atoms with Crippen LogP contribution in [-0.2, 0) is 20.9 Å². The first kappa shape index (κ1) is 23.4. The van der Waals surface area contributed by atoms with Crippen LogP contribution in [0.4, 0.5) is 5.69 Å². The van der Waals surface area contributed by atoms with E-state index in [2.05, 4.69) is 4.98 Å². The summed E-state index contributed by atoms with van der Waals surface area (Å²) < 4.78 is 4.90. The lowest BCUT2D eigenvalue weighted by Crippen LogP contribution is -2.32. The van der Waals surface area contributed by atoms with Crippen LogP contribution in [-0.4, -0.2) is 49.6 Å². The molecule has 0 saturated carbocycles. The smallest absolute Gasteiger partial charge is 0.344 e. The number of ether oxygens (including phenoxy) is 1. The van der Waals surface area contributed by atoms with E-state index >= 15 is 0 Å². The van der Waals surface area contributed by atoms with Gasteiger partial charge < -0.3 is 20.1 Å². The van der Waals surface area contributed by atoms with Crippen molar-refractivity contribution < 1.29 is 39.4 Å². The van der Waals surface area contributed by atoms with Crippen molar-refractivity contribution in [3.05, 3.63) is 61.4 Å². The molecule has 0 aliphatic carbocycles. The predicted octanol–water partition coefficient (Wildman–Crippen LogP) is 2.69. The van der Waals surface area contributed by atoms with E-state index in [9.17, 15) is 29.6 Å². The maximum Gasteiger partial charge on any atom is 0.344 e. The largest absolute Gasteiger partial charge is 0.505 e. The molecule has 162 valence electrons. The highest BCUT2D eigenvalue weighted by molar-refractivity contribution is 6.32. The van der Waals surface area contributed by atoms with Crippen molar-refractivity contribution in [3.8, 4) is 5.75 Å². The van der Waals surface area contributed by atoms with E-state index in [4.69, 9.17) is 26.6 Å². The van der Waals surface area contributed by atoms with Crippen LogP contribution in [0.2, 0.25) is 5.02 Å². The number of aryl methyl sites for hydroxylation is 1. The maximum absolute atomic E-state index is 11.5. The summed E-state index contributed by atoms with van der Waals surface area (Å²) in [4.78, 5) is 48.0. The highest BCUT2D eigenvalue weighted by atomic mass is 35.5. The highest BCUT2D eigenvalue weighted by Crippen LogP contribution is 2.29. The van der Waals surface area contributed by atoms with Crippen LogP contribution in [0, 0.1) is 17.0 Å². The zero-order valence-corrected chi connectivity index (χ0v) is 16.6. The molecule has 0 atom stereocenters. The monoisotopic (exact) mass is 450 g/mol. The molecule has 0 unspecified atom stereocenters. The molecule has 0 aliphatic heterocycles. The van der Waals surface area contributed by atoms with E-state index in [1.807, 2.05) is 0 Å². The van der Waals surface area contributed by atoms with Gasteiger partial charge in [-0.25, -0.2) is 14.6 Å². The van der Waals surface area contributed by atoms with Crippen LogP contribution >= 0.6 is 11.6 Å². The minimum absolute atomic E-state index is 0.0366. The van der Waals surface area contributed by atoms with Gasteiger partial charge in [-0.2, -0.15) is 0 Å². The van der Waals surface area contributed by atoms with Crippen LogP contribution in [0.15, 0.2) is 18.2 Å². The van der Waals surface area contributed by atoms with Crippen LogP contribution < -0.4 is 0 Å². The lowest BCUT2D eigenvalue weighted by Gasteiger charge is -2.14. The average molecular weight is 451 g/mol. The molecule has 1 aromatic heterocycles. The molecule has 2 aromatic rings. The van der Waals surface area contributed by atoms with Crippen LogP contribution in [0.1, 0.15) is 32.9 Å². The Bertz CT molecular complexity index is 1080. The normalized spacial score (nSPS) is 11.1. The molecule has 0 radical (unpaired) electrons. The van der Waals surface area contributed by atoms with Gasteiger partial charge >= 0.3 is 11.9 Å². The first-order valence-corrected chi connectivity index (χ1v) is 8.81. The van der Waals surface area contributed by atoms with Gasteiger partial charge in [0, 0.05) is 22.7 Å². The Morgan fingerprint density at radius 2 is 1.94 bits per heavy atom. The Kier molecular flexibility index (Phi) is 7.40. The number of carbonyl (C=O) groups is 3. The Labute approximate surface area is 179 Å². The van der Waals surface area contributed by atoms with Crippen LogP contribution in [0.25, 0.3) is 12.2 Å². The van der Waals surface area contributed by atoms with Gasteiger partial charge in [-0.1, -0.05) is 17.7 Å². The molecule has 0 aliphatic rings. The van der Waals surface area contributed by atoms with Crippen molar-refractivity contribution in [1.29, 1.82) is 0 Å². The highest BCUT2D eigenvalue weighted by Gasteiger charge is 2.28. The molecular formula is C19H15ClN2O9. The summed E-state index contributed by atoms with van der Waals surface area (Å²) in [6.45, 7) is 0.725. The summed E-state index contributed by atoms with van der Waals surface area (Å²) in [5.74, 6) is -4.00. The third-order valence-electron chi connectivity index (χ3n) is 4.09. The number of carboxylic acids is 2. The van der Waals surface area contributed by atoms with Gasteiger partial charge in [0.25, 0.3) is 11.8 Å². The number of aliphatic carboxylic acids is 2. The Balaban J connectivity index is 2.53. The molecular weight excluding hydrogens is 436 g/mol. The average Bonchev–Trinajstić information content (AvgIpc) is 2.69. The van der Waals surface area contributed by atoms with Gasteiger partial charge in [-0.3, -0.25) is 14.9 Å². The number of nitrogens with zero attached hydrogens (tertiary/aromatic N) is 2. The number of rotatable bonds is 9. The minimum Gasteiger partial charge on any atom is -0.505 e. The molecule has 1 aromatic carbocycles. The Hall–Kier alpha value is -3.83. The second-order valence-corrected chi connectivity index (χ2v) is 6.51. The van der Waals surface area contributed by atoms with E-state index in [1.165, 1.54) is 37.3 Å². The SMILES string of the molecule is Cc1nc(/C=C/c2cc([N+](=O)[O-])ccc2Cl)c(COC(C(=O)O)C(=O)O)c(C=O)c1O. The number of halogens is 1. The van der Waals surface area contributed by atoms with E-state index in [1.54, 1.807) is 0 Å². The molecule has 0 amide bonds. The second-order valence-electron chi connectivity index (χ2n) is 6.10. The van der Waals surface area contributed by atoms with Crippen LogP contribution in [0.5, 0.6) is 5.75 Å². The molecule has 2 rings (SSSR count). The molecule has 0 fully saturated rings. The predicted molar refractivity (Wildman–Crippen MR) is 107 cm³/mol. The van der Waals surface area contributed by atoms with E-state index in [-0.39, 0.29) is 45.1 Å². The fourth-order valence-corrected chi connectivity index (χ4v) is 2.73. The molecule has 3 N–H and O–H groups in total. The number of hydrogen-bond donors (Lipinski definition) is 3. The molecule has 0 bridgehead atoms. The number of aromatic hydroxyl groups is 1. The van der Waals surface area contributed by atoms with Gasteiger partial charge in [-0.15, -0.1) is 0 Å². The summed E-state index contributed by atoms with van der Waals surface area (Å²) in [6, 6.07) is 3.73. The topological polar surface area (TPSA) is 177 Å². The maximum atomic E-state index is 11.5. The first-order valence-electron chi connectivity index (χ1n) is 8.43. The zero-order chi connectivity index (χ0) is 23.3. The van der Waals surface area contributed by atoms with Crippen molar-refractivity contribution in [1.82, 2.24) is 4.98 Å². The number of carbonyl (C=O) groups excluding carboxylic acids is 1. The number of aldehydes is 1. The fraction of sp³-hybridized carbons (Fsp3) is 0.158. The number of aromatic nitrogens is 1. The van der Waals surface area contributed by atoms with E-state index < -0.39 is 35.3 Å². The second kappa shape index (κ2) is 9.78. The number of benzene rings is 1. The minimum atomic E-state index is -2.22. The standard InChI is InChI=1S/C19H15ClN2O9/c1-9-16(24)12(7-23)13(8-31-17(18(25)26)19(27)28)15(21-9)5-2-10-6-11(22(29)30)3-4-14(10)20/h2-7,17,24H,8H2,1H3,(H,25,26)(H,27,28)/b5-2+. The molecule has 12 heteroatoms. The van der Waals surface area contributed by atoms with Gasteiger partial charge in [0.05, 0.1) is 28.5 Å². The lowest BCUT2D eigenvalue weighted by atomic mass is 10.0. The number of pyridine rings is 1. The quantitative estimate of drug-likeness (QED) is 0.222. The summed E-state index contributed by atoms with van der Waals surface area (Å²) in [7, 11) is 0. The van der Waals surface area contributed by atoms with Gasteiger partial charge in [0.15, 0.2) is 6.29 Å². The summed E-state index contributed by atoms with van der Waals surface area (Å²) in [5.41, 5.74) is -0.230. The van der Waals surface area contributed by atoms with Crippen molar-refractivity contribution in [2.75, 3.05) is 0 Å². The van der Waals surface area contributed by atoms with Crippen molar-refractivity contribution in [3.63, 3.8) is 0 Å². The zero-order valence-electron chi connectivity index (χ0n) is 15.8. The van der Waals surface area contributed by atoms with Crippen molar-refractivity contribution in [2.24, 2.45) is 0 Å². The van der Waals surface area contributed by atoms with Crippen LogP contribution in [0.3, 0.4) is 0 Å². The Morgan fingerprint density at radius 3 is 2.48 bits per heavy atom. The third-order valence-corrected chi connectivity index (χ3v) is 4.44. The van der Waals surface area contributed by atoms with E-state index in [0.717, 1.165) is 0 Å². The van der Waals surface area contributed by atoms with Crippen molar-refractivity contribution in [2.45, 2.75) is 19.6 Å². The molecule has 1 heterocycles. The molecule has 31 heavy (non-hydrogen) atoms. The Morgan fingerprint density at radius 1 is 1.29 bits per heavy atom. The molecule has 11 nitrogen and oxygen atoms in total. The van der Waals surface area contributed by atoms with Gasteiger partial charge in [0.2, 0.25) is 0 Å². The summed E-state index contributed by atoms with van der Waals surface area (Å²) >= 11 is 6.05. The number of nitro groups is 1. The number of hydrogen-bond acceptors (Lipinski definition) is 8. The molecule has 0 saturated heterocycles. The number of non-ortho nitro benzene ring substituents is 1. The number of carboxylic acid groups (broad SMARTS) is 2. The number of nitro benzene ring substituents is 1. The summed E-state index contributed by atoms with van der Waals surface area (Å²) in [6.07, 6.45) is 0.750. The van der Waals surface area contributed by atoms with Crippen molar-refractivity contribution >= 4 is 47.7 Å². The summed E-state index contributed by atoms with van der Waals surface area (Å²) in [5, 5.41) is 39.1.